The molecule has 0 spiro atoms. The van der Waals surface area contributed by atoms with Crippen LogP contribution in [0.25, 0.3) is 0 Å². The lowest BCUT2D eigenvalue weighted by Crippen LogP contribution is -2.35. The van der Waals surface area contributed by atoms with E-state index in [0.717, 1.165) is 22.9 Å². The van der Waals surface area contributed by atoms with Crippen molar-refractivity contribution in [1.82, 2.24) is 5.32 Å². The first-order valence-corrected chi connectivity index (χ1v) is 6.88. The van der Waals surface area contributed by atoms with Crippen molar-refractivity contribution in [1.29, 1.82) is 0 Å². The molecule has 1 atom stereocenters. The number of nitrogens with one attached hydrogen (secondary N) is 1. The average Bonchev–Trinajstić information content (AvgIpc) is 2.33. The number of ether oxygens (including phenoxy) is 2. The van der Waals surface area contributed by atoms with Crippen molar-refractivity contribution in [3.8, 4) is 5.75 Å². The number of rotatable bonds is 6. The number of hydrogen-bond donors (Lipinski definition) is 1. The molecule has 1 aromatic rings. The Morgan fingerprint density at radius 3 is 2.58 bits per heavy atom. The monoisotopic (exact) mass is 285 g/mol. The summed E-state index contributed by atoms with van der Waals surface area (Å²) >= 11 is 6.05. The maximum Gasteiger partial charge on any atom is 0.124 e. The second kappa shape index (κ2) is 7.13. The normalized spacial score (nSPS) is 13.4. The Morgan fingerprint density at radius 2 is 2.00 bits per heavy atom. The van der Waals surface area contributed by atoms with E-state index in [9.17, 15) is 0 Å². The maximum atomic E-state index is 6.05. The summed E-state index contributed by atoms with van der Waals surface area (Å²) in [6.07, 6.45) is 0.0686. The lowest BCUT2D eigenvalue weighted by molar-refractivity contribution is 0.0712. The van der Waals surface area contributed by atoms with Gasteiger partial charge in [0.05, 0.1) is 6.10 Å². The van der Waals surface area contributed by atoms with Crippen molar-refractivity contribution in [2.45, 2.75) is 45.9 Å². The standard InChI is InChI=1S/C15H24ClNO2/c1-11(18-5)10-19-14-7-6-13(16)8-12(14)9-17-15(2,3)4/h6-8,11,17H,9-10H2,1-5H3. The first-order valence-electron chi connectivity index (χ1n) is 6.51. The number of hydrogen-bond acceptors (Lipinski definition) is 3. The first kappa shape index (κ1) is 16.3. The Morgan fingerprint density at radius 1 is 1.32 bits per heavy atom. The van der Waals surface area contributed by atoms with Crippen LogP contribution in [0.1, 0.15) is 33.3 Å². The van der Waals surface area contributed by atoms with Crippen LogP contribution in [0.15, 0.2) is 18.2 Å². The van der Waals surface area contributed by atoms with Crippen molar-refractivity contribution in [2.75, 3.05) is 13.7 Å². The zero-order chi connectivity index (χ0) is 14.5. The van der Waals surface area contributed by atoms with Crippen molar-refractivity contribution in [3.63, 3.8) is 0 Å². The van der Waals surface area contributed by atoms with Gasteiger partial charge < -0.3 is 14.8 Å². The van der Waals surface area contributed by atoms with Gasteiger partial charge >= 0.3 is 0 Å². The molecule has 0 aromatic heterocycles. The van der Waals surface area contributed by atoms with Crippen LogP contribution in [-0.4, -0.2) is 25.4 Å². The van der Waals surface area contributed by atoms with E-state index in [2.05, 4.69) is 26.1 Å². The van der Waals surface area contributed by atoms with E-state index in [-0.39, 0.29) is 11.6 Å². The minimum Gasteiger partial charge on any atom is -0.491 e. The molecule has 0 aliphatic heterocycles. The fourth-order valence-corrected chi connectivity index (χ4v) is 1.66. The second-order valence-electron chi connectivity index (χ2n) is 5.71. The van der Waals surface area contributed by atoms with Crippen molar-refractivity contribution >= 4 is 11.6 Å². The summed E-state index contributed by atoms with van der Waals surface area (Å²) in [5.41, 5.74) is 1.12. The van der Waals surface area contributed by atoms with Gasteiger partial charge in [0.2, 0.25) is 0 Å². The van der Waals surface area contributed by atoms with Gasteiger partial charge in [0.25, 0.3) is 0 Å². The Kier molecular flexibility index (Phi) is 6.11. The molecule has 4 heteroatoms. The van der Waals surface area contributed by atoms with Crippen LogP contribution in [0.3, 0.4) is 0 Å². The predicted molar refractivity (Wildman–Crippen MR) is 80.0 cm³/mol. The van der Waals surface area contributed by atoms with E-state index in [1.54, 1.807) is 7.11 Å². The third-order valence-corrected chi connectivity index (χ3v) is 2.94. The molecule has 1 N–H and O–H groups in total. The van der Waals surface area contributed by atoms with Crippen LogP contribution in [-0.2, 0) is 11.3 Å². The molecule has 0 bridgehead atoms. The molecule has 3 nitrogen and oxygen atoms in total. The summed E-state index contributed by atoms with van der Waals surface area (Å²) in [5, 5.41) is 4.16. The minimum atomic E-state index is 0.0550. The van der Waals surface area contributed by atoms with Crippen LogP contribution in [0, 0.1) is 0 Å². The second-order valence-corrected chi connectivity index (χ2v) is 6.15. The van der Waals surface area contributed by atoms with Crippen molar-refractivity contribution in [2.24, 2.45) is 0 Å². The molecule has 108 valence electrons. The van der Waals surface area contributed by atoms with Crippen molar-refractivity contribution in [3.05, 3.63) is 28.8 Å². The van der Waals surface area contributed by atoms with Gasteiger partial charge in [-0.3, -0.25) is 0 Å². The predicted octanol–water partition coefficient (Wildman–Crippen LogP) is 3.64. The average molecular weight is 286 g/mol. The van der Waals surface area contributed by atoms with Gasteiger partial charge in [0.15, 0.2) is 0 Å². The number of methoxy groups -OCH3 is 1. The summed E-state index contributed by atoms with van der Waals surface area (Å²) in [4.78, 5) is 0. The molecule has 0 aliphatic carbocycles. The lowest BCUT2D eigenvalue weighted by atomic mass is 10.1. The molecule has 0 aliphatic rings. The summed E-state index contributed by atoms with van der Waals surface area (Å²) in [6.45, 7) is 9.62. The van der Waals surface area contributed by atoms with E-state index in [1.807, 2.05) is 25.1 Å². The van der Waals surface area contributed by atoms with Gasteiger partial charge in [-0.25, -0.2) is 0 Å². The van der Waals surface area contributed by atoms with Gasteiger partial charge in [0.1, 0.15) is 12.4 Å². The topological polar surface area (TPSA) is 30.5 Å². The van der Waals surface area contributed by atoms with Crippen LogP contribution >= 0.6 is 11.6 Å². The Labute approximate surface area is 121 Å². The fraction of sp³-hybridized carbons (Fsp3) is 0.600. The Balaban J connectivity index is 2.74. The van der Waals surface area contributed by atoms with Gasteiger partial charge in [-0.1, -0.05) is 11.6 Å². The maximum absolute atomic E-state index is 6.05. The molecule has 1 rings (SSSR count). The van der Waals surface area contributed by atoms with Crippen LogP contribution in [0.5, 0.6) is 5.75 Å². The Hall–Kier alpha value is -0.770. The highest BCUT2D eigenvalue weighted by Crippen LogP contribution is 2.23. The quantitative estimate of drug-likeness (QED) is 0.865. The molecule has 1 aromatic carbocycles. The van der Waals surface area contributed by atoms with Gasteiger partial charge in [0, 0.05) is 29.8 Å². The molecule has 0 amide bonds. The van der Waals surface area contributed by atoms with E-state index < -0.39 is 0 Å². The van der Waals surface area contributed by atoms with E-state index in [4.69, 9.17) is 21.1 Å². The zero-order valence-corrected chi connectivity index (χ0v) is 13.2. The van der Waals surface area contributed by atoms with Gasteiger partial charge in [-0.2, -0.15) is 0 Å². The highest BCUT2D eigenvalue weighted by atomic mass is 35.5. The SMILES string of the molecule is COC(C)COc1ccc(Cl)cc1CNC(C)(C)C. The fourth-order valence-electron chi connectivity index (χ4n) is 1.46. The summed E-state index contributed by atoms with van der Waals surface area (Å²) in [5.74, 6) is 0.852. The summed E-state index contributed by atoms with van der Waals surface area (Å²) in [6, 6.07) is 5.69. The lowest BCUT2D eigenvalue weighted by Gasteiger charge is -2.22. The summed E-state index contributed by atoms with van der Waals surface area (Å²) < 4.78 is 11.0. The highest BCUT2D eigenvalue weighted by Gasteiger charge is 2.12. The third-order valence-electron chi connectivity index (χ3n) is 2.71. The molecule has 1 unspecified atom stereocenters. The van der Waals surface area contributed by atoms with E-state index in [0.29, 0.717) is 6.61 Å². The first-order chi connectivity index (χ1) is 8.81. The number of halogens is 1. The Bertz CT molecular complexity index is 402. The van der Waals surface area contributed by atoms with Gasteiger partial charge in [-0.15, -0.1) is 0 Å². The molecule has 0 fully saturated rings. The molecular weight excluding hydrogens is 262 g/mol. The molecule has 0 radical (unpaired) electrons. The van der Waals surface area contributed by atoms with Crippen LogP contribution in [0.4, 0.5) is 0 Å². The summed E-state index contributed by atoms with van der Waals surface area (Å²) in [7, 11) is 1.68. The van der Waals surface area contributed by atoms with Crippen LogP contribution < -0.4 is 10.1 Å². The highest BCUT2D eigenvalue weighted by molar-refractivity contribution is 6.30. The van der Waals surface area contributed by atoms with E-state index in [1.165, 1.54) is 0 Å². The van der Waals surface area contributed by atoms with Crippen molar-refractivity contribution < 1.29 is 9.47 Å². The molecule has 0 heterocycles. The zero-order valence-electron chi connectivity index (χ0n) is 12.4. The van der Waals surface area contributed by atoms with Crippen LogP contribution in [0.2, 0.25) is 5.02 Å². The molecule has 0 saturated carbocycles. The smallest absolute Gasteiger partial charge is 0.124 e. The molecular formula is C15H24ClNO2. The molecule has 0 saturated heterocycles. The molecule has 19 heavy (non-hydrogen) atoms. The van der Waals surface area contributed by atoms with Gasteiger partial charge in [-0.05, 0) is 45.9 Å². The van der Waals surface area contributed by atoms with E-state index >= 15 is 0 Å². The largest absolute Gasteiger partial charge is 0.491 e. The number of benzene rings is 1. The minimum absolute atomic E-state index is 0.0550. The third kappa shape index (κ3) is 6.28.